The Morgan fingerprint density at radius 1 is 0.926 bits per heavy atom. The van der Waals surface area contributed by atoms with Gasteiger partial charge in [-0.1, -0.05) is 54.6 Å². The van der Waals surface area contributed by atoms with Crippen LogP contribution in [0.3, 0.4) is 0 Å². The lowest BCUT2D eigenvalue weighted by Crippen LogP contribution is -2.27. The molecule has 1 aliphatic rings. The molecule has 0 fully saturated rings. The molecular weight excluding hydrogens is 334 g/mol. The molecule has 4 aromatic rings. The zero-order chi connectivity index (χ0) is 18.2. The van der Waals surface area contributed by atoms with Crippen molar-refractivity contribution >= 4 is 17.0 Å². The molecule has 2 atom stereocenters. The van der Waals surface area contributed by atoms with Gasteiger partial charge in [0.1, 0.15) is 5.75 Å². The number of anilines is 1. The van der Waals surface area contributed by atoms with Gasteiger partial charge in [-0.2, -0.15) is 0 Å². The van der Waals surface area contributed by atoms with E-state index in [1.807, 2.05) is 12.1 Å². The molecule has 134 valence electrons. The van der Waals surface area contributed by atoms with Crippen molar-refractivity contribution in [3.05, 3.63) is 90.0 Å². The van der Waals surface area contributed by atoms with E-state index in [0.29, 0.717) is 0 Å². The number of nitrogens with one attached hydrogen (secondary N) is 1. The van der Waals surface area contributed by atoms with Gasteiger partial charge in [-0.05, 0) is 41.8 Å². The Bertz CT molecular complexity index is 1090. The van der Waals surface area contributed by atoms with Crippen molar-refractivity contribution in [3.8, 4) is 5.75 Å². The molecule has 3 aromatic carbocycles. The molecule has 0 unspecified atom stereocenters. The standard InChI is InChI=1S/C23H21N3O/c1-27-18-11-7-10-17(14-18)22-15-20(16-8-3-2-4-9-16)25-23-24-19-12-5-6-13-21(19)26(22)23/h2-14,20,22H,15H2,1H3,(H,24,25)/t20-,22-/m1/s1. The largest absolute Gasteiger partial charge is 0.497 e. The summed E-state index contributed by atoms with van der Waals surface area (Å²) >= 11 is 0. The smallest absolute Gasteiger partial charge is 0.204 e. The fourth-order valence-electron chi connectivity index (χ4n) is 4.04. The van der Waals surface area contributed by atoms with Crippen molar-refractivity contribution in [1.29, 1.82) is 0 Å². The highest BCUT2D eigenvalue weighted by molar-refractivity contribution is 5.79. The SMILES string of the molecule is COc1cccc([C@H]2C[C@H](c3ccccc3)Nc3nc4ccccc4n32)c1. The van der Waals surface area contributed by atoms with Crippen LogP contribution in [-0.2, 0) is 0 Å². The predicted molar refractivity (Wildman–Crippen MR) is 108 cm³/mol. The van der Waals surface area contributed by atoms with Crippen LogP contribution in [-0.4, -0.2) is 16.7 Å². The molecule has 0 radical (unpaired) electrons. The normalized spacial score (nSPS) is 18.7. The van der Waals surface area contributed by atoms with Gasteiger partial charge in [-0.3, -0.25) is 0 Å². The third kappa shape index (κ3) is 2.74. The molecular formula is C23H21N3O. The minimum Gasteiger partial charge on any atom is -0.497 e. The Balaban J connectivity index is 1.67. The summed E-state index contributed by atoms with van der Waals surface area (Å²) in [7, 11) is 1.71. The third-order valence-electron chi connectivity index (χ3n) is 5.35. The summed E-state index contributed by atoms with van der Waals surface area (Å²) in [5, 5.41) is 3.65. The number of aromatic nitrogens is 2. The van der Waals surface area contributed by atoms with Crippen molar-refractivity contribution in [3.63, 3.8) is 0 Å². The number of rotatable bonds is 3. The minimum absolute atomic E-state index is 0.189. The summed E-state index contributed by atoms with van der Waals surface area (Å²) < 4.78 is 7.80. The Morgan fingerprint density at radius 2 is 1.70 bits per heavy atom. The number of hydrogen-bond acceptors (Lipinski definition) is 3. The molecule has 0 aliphatic carbocycles. The second-order valence-electron chi connectivity index (χ2n) is 6.93. The molecule has 0 bridgehead atoms. The van der Waals surface area contributed by atoms with E-state index in [2.05, 4.69) is 76.6 Å². The third-order valence-corrected chi connectivity index (χ3v) is 5.35. The summed E-state index contributed by atoms with van der Waals surface area (Å²) in [6, 6.07) is 27.7. The molecule has 27 heavy (non-hydrogen) atoms. The van der Waals surface area contributed by atoms with Gasteiger partial charge >= 0.3 is 0 Å². The highest BCUT2D eigenvalue weighted by Crippen LogP contribution is 2.41. The van der Waals surface area contributed by atoms with E-state index in [4.69, 9.17) is 9.72 Å². The first-order chi connectivity index (χ1) is 13.3. The lowest BCUT2D eigenvalue weighted by atomic mass is 9.93. The Morgan fingerprint density at radius 3 is 2.56 bits per heavy atom. The Kier molecular flexibility index (Phi) is 3.82. The molecule has 0 saturated carbocycles. The van der Waals surface area contributed by atoms with Crippen LogP contribution in [0.1, 0.15) is 29.6 Å². The zero-order valence-electron chi connectivity index (χ0n) is 15.2. The van der Waals surface area contributed by atoms with Gasteiger partial charge in [0.25, 0.3) is 0 Å². The number of methoxy groups -OCH3 is 1. The number of nitrogens with zero attached hydrogens (tertiary/aromatic N) is 2. The Hall–Kier alpha value is -3.27. The Labute approximate surface area is 158 Å². The van der Waals surface area contributed by atoms with Gasteiger partial charge in [0.15, 0.2) is 0 Å². The molecule has 2 heterocycles. The maximum absolute atomic E-state index is 5.47. The van der Waals surface area contributed by atoms with Crippen molar-refractivity contribution < 1.29 is 4.74 Å². The molecule has 4 nitrogen and oxygen atoms in total. The number of benzene rings is 3. The van der Waals surface area contributed by atoms with Gasteiger partial charge < -0.3 is 14.6 Å². The van der Waals surface area contributed by atoms with Crippen molar-refractivity contribution in [2.24, 2.45) is 0 Å². The fraction of sp³-hybridized carbons (Fsp3) is 0.174. The lowest BCUT2D eigenvalue weighted by Gasteiger charge is -2.33. The van der Waals surface area contributed by atoms with Crippen LogP contribution >= 0.6 is 0 Å². The fourth-order valence-corrected chi connectivity index (χ4v) is 4.04. The van der Waals surface area contributed by atoms with Crippen LogP contribution in [0.5, 0.6) is 5.75 Å². The zero-order valence-corrected chi connectivity index (χ0v) is 15.2. The summed E-state index contributed by atoms with van der Waals surface area (Å²) in [6.45, 7) is 0. The van der Waals surface area contributed by atoms with Gasteiger partial charge in [0.2, 0.25) is 5.95 Å². The average molecular weight is 355 g/mol. The van der Waals surface area contributed by atoms with Crippen LogP contribution in [0.15, 0.2) is 78.9 Å². The van der Waals surface area contributed by atoms with Gasteiger partial charge in [0, 0.05) is 0 Å². The molecule has 1 aromatic heterocycles. The number of imidazole rings is 1. The van der Waals surface area contributed by atoms with Gasteiger partial charge in [-0.25, -0.2) is 4.98 Å². The number of ether oxygens (including phenoxy) is 1. The summed E-state index contributed by atoms with van der Waals surface area (Å²) in [5.41, 5.74) is 4.69. The van der Waals surface area contributed by atoms with E-state index in [1.165, 1.54) is 11.1 Å². The lowest BCUT2D eigenvalue weighted by molar-refractivity contribution is 0.411. The maximum atomic E-state index is 5.47. The predicted octanol–water partition coefficient (Wildman–Crippen LogP) is 5.19. The summed E-state index contributed by atoms with van der Waals surface area (Å²) in [4.78, 5) is 4.87. The second-order valence-corrected chi connectivity index (χ2v) is 6.93. The number of fused-ring (bicyclic) bond motifs is 3. The highest BCUT2D eigenvalue weighted by Gasteiger charge is 2.31. The van der Waals surface area contributed by atoms with Crippen LogP contribution in [0.2, 0.25) is 0 Å². The minimum atomic E-state index is 0.189. The van der Waals surface area contributed by atoms with E-state index < -0.39 is 0 Å². The molecule has 0 amide bonds. The second kappa shape index (κ2) is 6.47. The van der Waals surface area contributed by atoms with Gasteiger partial charge in [-0.15, -0.1) is 0 Å². The van der Waals surface area contributed by atoms with Crippen molar-refractivity contribution in [2.75, 3.05) is 12.4 Å². The topological polar surface area (TPSA) is 39.1 Å². The van der Waals surface area contributed by atoms with Crippen LogP contribution < -0.4 is 10.1 Å². The van der Waals surface area contributed by atoms with Crippen LogP contribution in [0.4, 0.5) is 5.95 Å². The average Bonchev–Trinajstić information content (AvgIpc) is 3.12. The molecule has 0 spiro atoms. The molecule has 1 aliphatic heterocycles. The summed E-state index contributed by atoms with van der Waals surface area (Å²) in [6.07, 6.45) is 0.949. The van der Waals surface area contributed by atoms with E-state index in [1.54, 1.807) is 7.11 Å². The first-order valence-corrected chi connectivity index (χ1v) is 9.26. The van der Waals surface area contributed by atoms with Crippen LogP contribution in [0.25, 0.3) is 11.0 Å². The quantitative estimate of drug-likeness (QED) is 0.549. The van der Waals surface area contributed by atoms with E-state index in [0.717, 1.165) is 29.2 Å². The van der Waals surface area contributed by atoms with Crippen LogP contribution in [0, 0.1) is 0 Å². The van der Waals surface area contributed by atoms with E-state index >= 15 is 0 Å². The molecule has 0 saturated heterocycles. The monoisotopic (exact) mass is 355 g/mol. The summed E-state index contributed by atoms with van der Waals surface area (Å²) in [5.74, 6) is 1.80. The van der Waals surface area contributed by atoms with Crippen molar-refractivity contribution in [2.45, 2.75) is 18.5 Å². The van der Waals surface area contributed by atoms with Gasteiger partial charge in [0.05, 0.1) is 30.2 Å². The first kappa shape index (κ1) is 15.9. The number of hydrogen-bond donors (Lipinski definition) is 1. The molecule has 1 N–H and O–H groups in total. The van der Waals surface area contributed by atoms with Crippen molar-refractivity contribution in [1.82, 2.24) is 9.55 Å². The number of para-hydroxylation sites is 2. The molecule has 4 heteroatoms. The maximum Gasteiger partial charge on any atom is 0.204 e. The molecule has 5 rings (SSSR count). The first-order valence-electron chi connectivity index (χ1n) is 9.26. The van der Waals surface area contributed by atoms with E-state index in [9.17, 15) is 0 Å². The van der Waals surface area contributed by atoms with E-state index in [-0.39, 0.29) is 12.1 Å². The highest BCUT2D eigenvalue weighted by atomic mass is 16.5.